The van der Waals surface area contributed by atoms with Gasteiger partial charge in [0.2, 0.25) is 11.8 Å². The molecule has 23 heteroatoms. The summed E-state index contributed by atoms with van der Waals surface area (Å²) in [4.78, 5) is 91.5. The quantitative estimate of drug-likeness (QED) is 0.115. The van der Waals surface area contributed by atoms with Crippen LogP contribution in [0.25, 0.3) is 43.5 Å². The van der Waals surface area contributed by atoms with E-state index in [4.69, 9.17) is 25.7 Å². The molecule has 11 rings (SSSR count). The predicted molar refractivity (Wildman–Crippen MR) is 242 cm³/mol. The first-order valence-electron chi connectivity index (χ1n) is 18.1. The number of ether oxygens (including phenoxy) is 3. The molecule has 8 aromatic rings. The van der Waals surface area contributed by atoms with E-state index in [1.807, 2.05) is 52.0 Å². The number of nitrogens with zero attached hydrogens (tertiary/aromatic N) is 7. The first-order valence-corrected chi connectivity index (χ1v) is 23.0. The summed E-state index contributed by atoms with van der Waals surface area (Å²) in [5, 5.41) is 0. The summed E-state index contributed by atoms with van der Waals surface area (Å²) in [6, 6.07) is 10.8. The molecule has 11 heterocycles. The van der Waals surface area contributed by atoms with Crippen molar-refractivity contribution >= 4 is 114 Å². The minimum Gasteiger partial charge on any atom is -0.464 e. The molecule has 316 valence electrons. The monoisotopic (exact) mass is 945 g/mol. The van der Waals surface area contributed by atoms with E-state index in [2.05, 4.69) is 34.9 Å². The van der Waals surface area contributed by atoms with Crippen LogP contribution in [0.2, 0.25) is 0 Å². The van der Waals surface area contributed by atoms with Crippen molar-refractivity contribution in [2.45, 2.75) is 58.3 Å². The third kappa shape index (κ3) is 8.21. The second-order valence-electron chi connectivity index (χ2n) is 14.7. The summed E-state index contributed by atoms with van der Waals surface area (Å²) >= 11 is 6.62. The Kier molecular flexibility index (Phi) is 11.1. The number of aromatic nitrogens is 7. The lowest BCUT2D eigenvalue weighted by molar-refractivity contribution is -0.152. The summed E-state index contributed by atoms with van der Waals surface area (Å²) in [7, 11) is 0. The molecule has 3 aliphatic rings. The van der Waals surface area contributed by atoms with E-state index in [0.29, 0.717) is 61.9 Å². The van der Waals surface area contributed by atoms with Crippen LogP contribution in [0, 0.1) is 0 Å². The van der Waals surface area contributed by atoms with Gasteiger partial charge in [-0.25, -0.2) is 34.7 Å². The van der Waals surface area contributed by atoms with E-state index in [-0.39, 0.29) is 17.0 Å². The molecule has 0 spiro atoms. The molecule has 0 fully saturated rings. The smallest absolute Gasteiger partial charge is 0.381 e. The van der Waals surface area contributed by atoms with Gasteiger partial charge in [0.05, 0.1) is 30.1 Å². The van der Waals surface area contributed by atoms with Crippen molar-refractivity contribution in [2.24, 2.45) is 0 Å². The Morgan fingerprint density at radius 1 is 0.500 bits per heavy atom. The third-order valence-electron chi connectivity index (χ3n) is 8.93. The lowest BCUT2D eigenvalue weighted by Gasteiger charge is -2.30. The van der Waals surface area contributed by atoms with E-state index in [9.17, 15) is 24.0 Å². The standard InChI is InChI=1S/2C13H9N3O2S2.C8H6O4S2.C5H7N3/c1-13(2)9-8(19-12(17)20-9)7-11(18-13)15-6-4-3-5-14-10(6)16-7;1-13(2)9-8(19-12(17)20-9)7-11(18-13)16-10-6(15-7)4-3-5-14-10;1-8(2)5-4(13-7(11)14-5)3(9)6(10)12-8;6-4-2-1-3-8-5(4)7/h2*3-5H,1-2H3;1-2H3;1-3H,6H2,(H2,7,8). The lowest BCUT2D eigenvalue weighted by Crippen LogP contribution is -2.35. The Hall–Kier alpha value is -5.98. The molecule has 0 amide bonds. The van der Waals surface area contributed by atoms with Gasteiger partial charge >= 0.3 is 5.97 Å². The highest BCUT2D eigenvalue weighted by Gasteiger charge is 2.42. The van der Waals surface area contributed by atoms with Gasteiger partial charge in [-0.2, -0.15) is 4.98 Å². The van der Waals surface area contributed by atoms with Gasteiger partial charge in [-0.15, -0.1) is 0 Å². The largest absolute Gasteiger partial charge is 0.464 e. The molecule has 3 aliphatic heterocycles. The number of carbonyl (C=O) groups is 2. The maximum atomic E-state index is 11.7. The van der Waals surface area contributed by atoms with Gasteiger partial charge in [-0.3, -0.25) is 19.2 Å². The first kappa shape index (κ1) is 42.7. The molecule has 0 aliphatic carbocycles. The Morgan fingerprint density at radius 2 is 0.935 bits per heavy atom. The van der Waals surface area contributed by atoms with Gasteiger partial charge in [0.25, 0.3) is 18.0 Å². The number of esters is 1. The molecule has 0 radical (unpaired) electrons. The number of carbonyl (C=O) groups excluding carboxylic acids is 2. The molecule has 0 aromatic carbocycles. The molecule has 8 aromatic heterocycles. The SMILES string of the molecule is CC1(C)OC(=O)C(=O)c2sc(=O)sc21.CC1(C)Oc2nc3cccnc3nc2-c2sc(=O)sc21.CC1(C)Oc2nc3ncccc3nc2-c2sc(=O)sc21.Nc1cccnc1N. The van der Waals surface area contributed by atoms with E-state index >= 15 is 0 Å². The number of cyclic esters (lactones) is 1. The lowest BCUT2D eigenvalue weighted by atomic mass is 10.0. The van der Waals surface area contributed by atoms with Crippen LogP contribution in [0.1, 0.15) is 65.8 Å². The number of fused-ring (bicyclic) bond motifs is 9. The molecule has 0 bridgehead atoms. The first-order chi connectivity index (χ1) is 29.3. The fourth-order valence-electron chi connectivity index (χ4n) is 6.11. The topological polar surface area (TPSA) is 255 Å². The molecule has 4 N–H and O–H groups in total. The highest BCUT2D eigenvalue weighted by molar-refractivity contribution is 7.30. The van der Waals surface area contributed by atoms with Gasteiger partial charge < -0.3 is 25.7 Å². The van der Waals surface area contributed by atoms with Gasteiger partial charge in [0.15, 0.2) is 11.3 Å². The summed E-state index contributed by atoms with van der Waals surface area (Å²) in [5.41, 5.74) is 12.9. The van der Waals surface area contributed by atoms with Gasteiger partial charge in [-0.05, 0) is 77.9 Å². The number of rotatable bonds is 0. The number of ketones is 1. The third-order valence-corrected chi connectivity index (χ3v) is 16.3. The number of hydrogen-bond donors (Lipinski definition) is 2. The molecule has 62 heavy (non-hydrogen) atoms. The average molecular weight is 946 g/mol. The predicted octanol–water partition coefficient (Wildman–Crippen LogP) is 7.00. The zero-order valence-electron chi connectivity index (χ0n) is 33.2. The molecule has 0 saturated carbocycles. The summed E-state index contributed by atoms with van der Waals surface area (Å²) in [6.45, 7) is 11.1. The number of Topliss-reactive ketones (excluding diaryl/α,β-unsaturated/α-hetero) is 1. The number of nitrogens with two attached hydrogens (primary N) is 2. The van der Waals surface area contributed by atoms with Crippen LogP contribution in [-0.2, 0) is 26.3 Å². The van der Waals surface area contributed by atoms with Crippen LogP contribution < -0.4 is 33.1 Å². The van der Waals surface area contributed by atoms with Crippen molar-refractivity contribution in [3.63, 3.8) is 0 Å². The molecule has 0 saturated heterocycles. The molecule has 0 atom stereocenters. The molecular weight excluding hydrogens is 915 g/mol. The van der Waals surface area contributed by atoms with Crippen molar-refractivity contribution in [1.29, 1.82) is 0 Å². The van der Waals surface area contributed by atoms with E-state index in [0.717, 1.165) is 42.2 Å². The number of nitrogen functional groups attached to an aromatic ring is 2. The van der Waals surface area contributed by atoms with Crippen molar-refractivity contribution in [1.82, 2.24) is 34.9 Å². The van der Waals surface area contributed by atoms with Gasteiger partial charge in [0.1, 0.15) is 49.9 Å². The van der Waals surface area contributed by atoms with Gasteiger partial charge in [0, 0.05) is 18.6 Å². The average Bonchev–Trinajstić information content (AvgIpc) is 3.95. The molecule has 17 nitrogen and oxygen atoms in total. The van der Waals surface area contributed by atoms with E-state index in [1.54, 1.807) is 44.6 Å². The maximum Gasteiger partial charge on any atom is 0.381 e. The zero-order chi connectivity index (χ0) is 44.3. The Morgan fingerprint density at radius 3 is 1.47 bits per heavy atom. The van der Waals surface area contributed by atoms with Crippen molar-refractivity contribution < 1.29 is 23.8 Å². The second-order valence-corrected chi connectivity index (χ2v) is 21.4. The highest BCUT2D eigenvalue weighted by Crippen LogP contribution is 2.48. The summed E-state index contributed by atoms with van der Waals surface area (Å²) in [6.07, 6.45) is 4.95. The normalized spacial score (nSPS) is 15.5. The maximum absolute atomic E-state index is 11.7. The van der Waals surface area contributed by atoms with Gasteiger partial charge in [-0.1, -0.05) is 68.0 Å². The summed E-state index contributed by atoms with van der Waals surface area (Å²) in [5.74, 6) is -0.272. The minimum absolute atomic E-state index is 0.0439. The zero-order valence-corrected chi connectivity index (χ0v) is 38.1. The Labute approximate surface area is 373 Å². The number of pyridine rings is 3. The van der Waals surface area contributed by atoms with Crippen LogP contribution in [-0.4, -0.2) is 46.6 Å². The van der Waals surface area contributed by atoms with E-state index < -0.39 is 28.6 Å². The highest BCUT2D eigenvalue weighted by atomic mass is 32.2. The second kappa shape index (κ2) is 16.0. The minimum atomic E-state index is -0.878. The summed E-state index contributed by atoms with van der Waals surface area (Å²) < 4.78 is 16.7. The number of anilines is 2. The van der Waals surface area contributed by atoms with E-state index in [1.165, 1.54) is 45.3 Å². The van der Waals surface area contributed by atoms with Crippen LogP contribution in [0.5, 0.6) is 11.8 Å². The molecule has 0 unspecified atom stereocenters. The Balaban J connectivity index is 0.000000119. The fourth-order valence-corrected chi connectivity index (χ4v) is 12.9. The van der Waals surface area contributed by atoms with Crippen molar-refractivity contribution in [2.75, 3.05) is 11.5 Å². The van der Waals surface area contributed by atoms with Crippen LogP contribution in [0.4, 0.5) is 11.5 Å². The van der Waals surface area contributed by atoms with Crippen molar-refractivity contribution in [3.8, 4) is 32.9 Å². The van der Waals surface area contributed by atoms with Crippen LogP contribution >= 0.6 is 68.0 Å². The van der Waals surface area contributed by atoms with Crippen molar-refractivity contribution in [3.05, 3.63) is 101 Å². The Bertz CT molecular complexity index is 3110. The molecular formula is C39H31N9O8S6. The fraction of sp³-hybridized carbons (Fsp3) is 0.231. The number of hydrogen-bond acceptors (Lipinski definition) is 23. The van der Waals surface area contributed by atoms with Crippen LogP contribution in [0.15, 0.2) is 69.4 Å². The van der Waals surface area contributed by atoms with Crippen LogP contribution in [0.3, 0.4) is 0 Å².